The molecule has 0 bridgehead atoms. The first-order chi connectivity index (χ1) is 14.0. The second kappa shape index (κ2) is 7.62. The number of aryl methyl sites for hydroxylation is 1. The molecule has 4 rings (SSSR count). The van der Waals surface area contributed by atoms with E-state index in [1.807, 2.05) is 24.3 Å². The first-order valence-electron chi connectivity index (χ1n) is 9.57. The van der Waals surface area contributed by atoms with E-state index >= 15 is 0 Å². The number of methoxy groups -OCH3 is 1. The zero-order valence-electron chi connectivity index (χ0n) is 16.7. The molecule has 8 nitrogen and oxygen atoms in total. The number of para-hydroxylation sites is 2. The average Bonchev–Trinajstić information content (AvgIpc) is 3.33. The number of fused-ring (bicyclic) bond motifs is 1. The Labute approximate surface area is 168 Å². The molecular formula is C21H24N4O4. The van der Waals surface area contributed by atoms with E-state index < -0.39 is 0 Å². The lowest BCUT2D eigenvalue weighted by Crippen LogP contribution is -2.28. The molecule has 1 fully saturated rings. The maximum absolute atomic E-state index is 12.9. The lowest BCUT2D eigenvalue weighted by atomic mass is 10.1. The maximum Gasteiger partial charge on any atom is 0.255 e. The monoisotopic (exact) mass is 396 g/mol. The summed E-state index contributed by atoms with van der Waals surface area (Å²) in [5, 5.41) is 6.91. The van der Waals surface area contributed by atoms with Gasteiger partial charge in [-0.25, -0.2) is 9.97 Å². The van der Waals surface area contributed by atoms with E-state index in [4.69, 9.17) is 13.9 Å². The Bertz CT molecular complexity index is 1040. The fraction of sp³-hybridized carbons (Fsp3) is 0.381. The van der Waals surface area contributed by atoms with Crippen molar-refractivity contribution in [2.24, 2.45) is 0 Å². The average molecular weight is 396 g/mol. The summed E-state index contributed by atoms with van der Waals surface area (Å²) in [6.45, 7) is 4.52. The number of anilines is 1. The van der Waals surface area contributed by atoms with Gasteiger partial charge in [0.1, 0.15) is 24.5 Å². The molecule has 0 saturated heterocycles. The van der Waals surface area contributed by atoms with Gasteiger partial charge in [0.25, 0.3) is 5.91 Å². The van der Waals surface area contributed by atoms with Gasteiger partial charge in [0.2, 0.25) is 5.71 Å². The number of furan rings is 1. The van der Waals surface area contributed by atoms with Crippen molar-refractivity contribution in [3.8, 4) is 11.5 Å². The first-order valence-corrected chi connectivity index (χ1v) is 9.57. The summed E-state index contributed by atoms with van der Waals surface area (Å²) in [5.41, 5.74) is 0.868. The van der Waals surface area contributed by atoms with E-state index in [2.05, 4.69) is 27.5 Å². The quantitative estimate of drug-likeness (QED) is 0.564. The van der Waals surface area contributed by atoms with Crippen LogP contribution in [0.4, 0.5) is 5.82 Å². The van der Waals surface area contributed by atoms with Crippen LogP contribution in [0.2, 0.25) is 0 Å². The highest BCUT2D eigenvalue weighted by molar-refractivity contribution is 6.10. The van der Waals surface area contributed by atoms with Gasteiger partial charge >= 0.3 is 0 Å². The molecule has 152 valence electrons. The van der Waals surface area contributed by atoms with Gasteiger partial charge in [-0.05, 0) is 38.8 Å². The van der Waals surface area contributed by atoms with Crippen LogP contribution in [0, 0.1) is 6.92 Å². The fourth-order valence-corrected chi connectivity index (χ4v) is 3.16. The molecule has 0 radical (unpaired) electrons. The topological polar surface area (TPSA) is 98.5 Å². The molecule has 1 aliphatic carbocycles. The number of ether oxygens (including phenoxy) is 2. The van der Waals surface area contributed by atoms with Crippen LogP contribution in [0.5, 0.6) is 11.5 Å². The summed E-state index contributed by atoms with van der Waals surface area (Å²) < 4.78 is 16.7. The van der Waals surface area contributed by atoms with Crippen molar-refractivity contribution in [2.75, 3.05) is 25.6 Å². The van der Waals surface area contributed by atoms with E-state index in [-0.39, 0.29) is 11.4 Å². The fourth-order valence-electron chi connectivity index (χ4n) is 3.16. The van der Waals surface area contributed by atoms with Crippen LogP contribution in [0.1, 0.15) is 35.9 Å². The Morgan fingerprint density at radius 1 is 1.24 bits per heavy atom. The minimum atomic E-state index is -0.247. The highest BCUT2D eigenvalue weighted by atomic mass is 16.5. The molecule has 2 heterocycles. The molecular weight excluding hydrogens is 372 g/mol. The third-order valence-electron chi connectivity index (χ3n) is 5.03. The number of hydrogen-bond donors (Lipinski definition) is 2. The summed E-state index contributed by atoms with van der Waals surface area (Å²) in [5.74, 6) is 2.17. The van der Waals surface area contributed by atoms with Crippen LogP contribution in [0.25, 0.3) is 11.1 Å². The molecule has 29 heavy (non-hydrogen) atoms. The summed E-state index contributed by atoms with van der Waals surface area (Å²) >= 11 is 0. The Morgan fingerprint density at radius 3 is 2.72 bits per heavy atom. The molecule has 0 atom stereocenters. The highest BCUT2D eigenvalue weighted by Crippen LogP contribution is 2.40. The van der Waals surface area contributed by atoms with Crippen molar-refractivity contribution in [1.29, 1.82) is 0 Å². The second-order valence-corrected chi connectivity index (χ2v) is 7.38. The molecule has 0 spiro atoms. The number of nitrogens with zero attached hydrogens (tertiary/aromatic N) is 2. The lowest BCUT2D eigenvalue weighted by molar-refractivity contribution is 0.0946. The van der Waals surface area contributed by atoms with Crippen LogP contribution in [0.15, 0.2) is 35.0 Å². The molecule has 0 unspecified atom stereocenters. The van der Waals surface area contributed by atoms with Crippen LogP contribution >= 0.6 is 0 Å². The van der Waals surface area contributed by atoms with E-state index in [9.17, 15) is 4.79 Å². The SMILES string of the molecule is COc1ccccc1OCCNC(=O)c1c(C)oc2ncnc(NC3(C)CC3)c12. The Morgan fingerprint density at radius 2 is 2.00 bits per heavy atom. The zero-order chi connectivity index (χ0) is 20.4. The van der Waals surface area contributed by atoms with Crippen molar-refractivity contribution >= 4 is 22.8 Å². The molecule has 1 aliphatic rings. The maximum atomic E-state index is 12.9. The predicted molar refractivity (Wildman–Crippen MR) is 109 cm³/mol. The summed E-state index contributed by atoms with van der Waals surface area (Å²) in [4.78, 5) is 21.4. The van der Waals surface area contributed by atoms with Crippen LogP contribution < -0.4 is 20.1 Å². The molecule has 1 amide bonds. The second-order valence-electron chi connectivity index (χ2n) is 7.38. The van der Waals surface area contributed by atoms with Gasteiger partial charge in [0.05, 0.1) is 24.6 Å². The van der Waals surface area contributed by atoms with Crippen LogP contribution in [0.3, 0.4) is 0 Å². The van der Waals surface area contributed by atoms with Crippen LogP contribution in [-0.4, -0.2) is 41.7 Å². The summed E-state index contributed by atoms with van der Waals surface area (Å²) in [6, 6.07) is 7.38. The number of benzene rings is 1. The third-order valence-corrected chi connectivity index (χ3v) is 5.03. The number of carbonyl (C=O) groups excluding carboxylic acids is 1. The van der Waals surface area contributed by atoms with Gasteiger partial charge in [-0.3, -0.25) is 4.79 Å². The first kappa shape index (κ1) is 19.0. The zero-order valence-corrected chi connectivity index (χ0v) is 16.7. The van der Waals surface area contributed by atoms with Crippen molar-refractivity contribution in [3.05, 3.63) is 41.9 Å². The standard InChI is InChI=1S/C21H24N4O4/c1-13-16(17-18(25-21(2)8-9-21)23-12-24-20(17)29-13)19(26)22-10-11-28-15-7-5-4-6-14(15)27-3/h4-7,12H,8-11H2,1-3H3,(H,22,26)(H,23,24,25). The smallest absolute Gasteiger partial charge is 0.255 e. The van der Waals surface area contributed by atoms with Crippen LogP contribution in [-0.2, 0) is 0 Å². The minimum Gasteiger partial charge on any atom is -0.493 e. The van der Waals surface area contributed by atoms with E-state index in [0.29, 0.717) is 52.9 Å². The molecule has 2 N–H and O–H groups in total. The molecule has 1 saturated carbocycles. The minimum absolute atomic E-state index is 0.0167. The number of aromatic nitrogens is 2. The summed E-state index contributed by atoms with van der Waals surface area (Å²) in [6.07, 6.45) is 3.58. The van der Waals surface area contributed by atoms with Gasteiger partial charge in [0.15, 0.2) is 11.5 Å². The van der Waals surface area contributed by atoms with E-state index in [0.717, 1.165) is 12.8 Å². The molecule has 1 aromatic carbocycles. The van der Waals surface area contributed by atoms with Crippen molar-refractivity contribution in [1.82, 2.24) is 15.3 Å². The number of nitrogens with one attached hydrogen (secondary N) is 2. The Hall–Kier alpha value is -3.29. The highest BCUT2D eigenvalue weighted by Gasteiger charge is 2.38. The van der Waals surface area contributed by atoms with Gasteiger partial charge in [-0.2, -0.15) is 0 Å². The number of hydrogen-bond acceptors (Lipinski definition) is 7. The molecule has 0 aliphatic heterocycles. The van der Waals surface area contributed by atoms with Crippen molar-refractivity contribution in [2.45, 2.75) is 32.2 Å². The van der Waals surface area contributed by atoms with E-state index in [1.54, 1.807) is 14.0 Å². The van der Waals surface area contributed by atoms with Gasteiger partial charge in [-0.1, -0.05) is 12.1 Å². The number of rotatable bonds is 8. The Kier molecular flexibility index (Phi) is 5.00. The summed E-state index contributed by atoms with van der Waals surface area (Å²) in [7, 11) is 1.59. The third kappa shape index (κ3) is 3.96. The van der Waals surface area contributed by atoms with Gasteiger partial charge in [0, 0.05) is 5.54 Å². The molecule has 8 heteroatoms. The lowest BCUT2D eigenvalue weighted by Gasteiger charge is -2.13. The number of amides is 1. The predicted octanol–water partition coefficient (Wildman–Crippen LogP) is 3.31. The van der Waals surface area contributed by atoms with Crippen molar-refractivity contribution in [3.63, 3.8) is 0 Å². The normalized spacial score (nSPS) is 14.4. The van der Waals surface area contributed by atoms with Gasteiger partial charge in [-0.15, -0.1) is 0 Å². The largest absolute Gasteiger partial charge is 0.493 e. The molecule has 2 aromatic heterocycles. The van der Waals surface area contributed by atoms with E-state index in [1.165, 1.54) is 6.33 Å². The molecule has 3 aromatic rings. The number of carbonyl (C=O) groups is 1. The van der Waals surface area contributed by atoms with Gasteiger partial charge < -0.3 is 24.5 Å². The van der Waals surface area contributed by atoms with Crippen molar-refractivity contribution < 1.29 is 18.7 Å². The Balaban J connectivity index is 1.46.